The minimum absolute atomic E-state index is 0.268. The molecule has 0 amide bonds. The molecule has 0 spiro atoms. The van der Waals surface area contributed by atoms with Crippen LogP contribution in [0.2, 0.25) is 0 Å². The first kappa shape index (κ1) is 15.8. The van der Waals surface area contributed by atoms with Crippen LogP contribution in [-0.2, 0) is 6.54 Å². The first-order valence-corrected chi connectivity index (χ1v) is 8.06. The number of hydrogen-bond donors (Lipinski definition) is 3. The molecule has 1 aliphatic heterocycles. The molecule has 5 nitrogen and oxygen atoms in total. The fourth-order valence-corrected chi connectivity index (χ4v) is 2.92. The van der Waals surface area contributed by atoms with Crippen molar-refractivity contribution in [1.29, 1.82) is 0 Å². The standard InChI is InChI=1S/C18H22N2O3/c21-18(22)15-3-1-2-14(10-15)17-5-4-16(23-17)12-20-11-13-6-8-19-9-7-13/h1-5,10,13,19-20H,6-9,11-12H2,(H,21,22). The van der Waals surface area contributed by atoms with Gasteiger partial charge in [-0.25, -0.2) is 4.79 Å². The van der Waals surface area contributed by atoms with Crippen LogP contribution in [0.25, 0.3) is 11.3 Å². The maximum absolute atomic E-state index is 11.0. The summed E-state index contributed by atoms with van der Waals surface area (Å²) in [6.45, 7) is 3.92. The average molecular weight is 314 g/mol. The second-order valence-corrected chi connectivity index (χ2v) is 5.98. The van der Waals surface area contributed by atoms with Gasteiger partial charge < -0.3 is 20.2 Å². The Labute approximate surface area is 135 Å². The Hall–Kier alpha value is -2.11. The SMILES string of the molecule is O=C(O)c1cccc(-c2ccc(CNCC3CCNCC3)o2)c1. The lowest BCUT2D eigenvalue weighted by atomic mass is 9.98. The molecule has 1 aromatic carbocycles. The van der Waals surface area contributed by atoms with Crippen molar-refractivity contribution < 1.29 is 14.3 Å². The number of rotatable bonds is 6. The molecule has 0 radical (unpaired) electrons. The zero-order valence-electron chi connectivity index (χ0n) is 13.0. The Morgan fingerprint density at radius 2 is 2.09 bits per heavy atom. The lowest BCUT2D eigenvalue weighted by molar-refractivity contribution is 0.0697. The van der Waals surface area contributed by atoms with E-state index in [1.54, 1.807) is 18.2 Å². The van der Waals surface area contributed by atoms with Gasteiger partial charge in [0, 0.05) is 5.56 Å². The molecule has 2 aromatic rings. The van der Waals surface area contributed by atoms with Crippen LogP contribution in [0, 0.1) is 5.92 Å². The van der Waals surface area contributed by atoms with Crippen LogP contribution in [0.4, 0.5) is 0 Å². The van der Waals surface area contributed by atoms with E-state index in [1.165, 1.54) is 12.8 Å². The molecule has 0 atom stereocenters. The smallest absolute Gasteiger partial charge is 0.335 e. The molecule has 23 heavy (non-hydrogen) atoms. The van der Waals surface area contributed by atoms with Crippen LogP contribution < -0.4 is 10.6 Å². The number of carboxylic acid groups (broad SMARTS) is 1. The van der Waals surface area contributed by atoms with Gasteiger partial charge in [0.1, 0.15) is 11.5 Å². The molecule has 3 N–H and O–H groups in total. The molecule has 2 heterocycles. The topological polar surface area (TPSA) is 74.5 Å². The molecule has 0 bridgehead atoms. The predicted molar refractivity (Wildman–Crippen MR) is 88.4 cm³/mol. The summed E-state index contributed by atoms with van der Waals surface area (Å²) >= 11 is 0. The van der Waals surface area contributed by atoms with E-state index in [4.69, 9.17) is 9.52 Å². The van der Waals surface area contributed by atoms with Gasteiger partial charge in [0.25, 0.3) is 0 Å². The highest BCUT2D eigenvalue weighted by Crippen LogP contribution is 2.23. The van der Waals surface area contributed by atoms with Gasteiger partial charge >= 0.3 is 5.97 Å². The lowest BCUT2D eigenvalue weighted by Crippen LogP contribution is -2.33. The molecule has 3 rings (SSSR count). The molecule has 1 aromatic heterocycles. The summed E-state index contributed by atoms with van der Waals surface area (Å²) in [5.41, 5.74) is 1.05. The van der Waals surface area contributed by atoms with Gasteiger partial charge in [-0.05, 0) is 62.7 Å². The van der Waals surface area contributed by atoms with E-state index in [2.05, 4.69) is 10.6 Å². The highest BCUT2D eigenvalue weighted by molar-refractivity contribution is 5.89. The van der Waals surface area contributed by atoms with Crippen molar-refractivity contribution in [2.45, 2.75) is 19.4 Å². The van der Waals surface area contributed by atoms with Gasteiger partial charge in [-0.15, -0.1) is 0 Å². The molecule has 122 valence electrons. The van der Waals surface area contributed by atoms with Crippen LogP contribution in [0.15, 0.2) is 40.8 Å². The van der Waals surface area contributed by atoms with E-state index in [1.807, 2.05) is 18.2 Å². The Balaban J connectivity index is 1.57. The second kappa shape index (κ2) is 7.44. The molecule has 0 saturated carbocycles. The lowest BCUT2D eigenvalue weighted by Gasteiger charge is -2.22. The molecule has 0 aliphatic carbocycles. The normalized spacial score (nSPS) is 15.7. The van der Waals surface area contributed by atoms with Crippen molar-refractivity contribution in [2.75, 3.05) is 19.6 Å². The van der Waals surface area contributed by atoms with E-state index >= 15 is 0 Å². The molecule has 1 fully saturated rings. The second-order valence-electron chi connectivity index (χ2n) is 5.98. The predicted octanol–water partition coefficient (Wildman–Crippen LogP) is 2.73. The summed E-state index contributed by atoms with van der Waals surface area (Å²) in [4.78, 5) is 11.0. The zero-order valence-corrected chi connectivity index (χ0v) is 13.0. The van der Waals surface area contributed by atoms with Crippen molar-refractivity contribution >= 4 is 5.97 Å². The fraction of sp³-hybridized carbons (Fsp3) is 0.389. The summed E-state index contributed by atoms with van der Waals surface area (Å²) in [7, 11) is 0. The number of carbonyl (C=O) groups is 1. The molecular formula is C18H22N2O3. The Bertz CT molecular complexity index is 660. The van der Waals surface area contributed by atoms with Crippen LogP contribution in [0.3, 0.4) is 0 Å². The Morgan fingerprint density at radius 3 is 2.87 bits per heavy atom. The molecular weight excluding hydrogens is 292 g/mol. The summed E-state index contributed by atoms with van der Waals surface area (Å²) in [5.74, 6) is 1.38. The Morgan fingerprint density at radius 1 is 1.26 bits per heavy atom. The number of hydrogen-bond acceptors (Lipinski definition) is 4. The van der Waals surface area contributed by atoms with E-state index in [0.29, 0.717) is 12.3 Å². The highest BCUT2D eigenvalue weighted by atomic mass is 16.4. The summed E-state index contributed by atoms with van der Waals surface area (Å²) in [6, 6.07) is 10.6. The molecule has 0 unspecified atom stereocenters. The first-order valence-electron chi connectivity index (χ1n) is 8.06. The zero-order chi connectivity index (χ0) is 16.1. The number of benzene rings is 1. The summed E-state index contributed by atoms with van der Waals surface area (Å²) in [5, 5.41) is 15.9. The quantitative estimate of drug-likeness (QED) is 0.764. The third-order valence-electron chi connectivity index (χ3n) is 4.25. The molecule has 5 heteroatoms. The van der Waals surface area contributed by atoms with Gasteiger partial charge in [0.2, 0.25) is 0 Å². The fourth-order valence-electron chi connectivity index (χ4n) is 2.92. The van der Waals surface area contributed by atoms with Gasteiger partial charge in [0.05, 0.1) is 12.1 Å². The third-order valence-corrected chi connectivity index (χ3v) is 4.25. The maximum Gasteiger partial charge on any atom is 0.335 e. The van der Waals surface area contributed by atoms with Gasteiger partial charge in [-0.1, -0.05) is 12.1 Å². The number of piperidine rings is 1. The molecule has 1 saturated heterocycles. The monoisotopic (exact) mass is 314 g/mol. The minimum atomic E-state index is -0.928. The van der Waals surface area contributed by atoms with Crippen molar-refractivity contribution in [3.05, 3.63) is 47.7 Å². The summed E-state index contributed by atoms with van der Waals surface area (Å²) in [6.07, 6.45) is 2.44. The van der Waals surface area contributed by atoms with Crippen LogP contribution in [0.5, 0.6) is 0 Å². The molecule has 1 aliphatic rings. The summed E-state index contributed by atoms with van der Waals surface area (Å²) < 4.78 is 5.83. The number of carboxylic acids is 1. The van der Waals surface area contributed by atoms with Crippen molar-refractivity contribution in [2.24, 2.45) is 5.92 Å². The van der Waals surface area contributed by atoms with Crippen LogP contribution in [-0.4, -0.2) is 30.7 Å². The van der Waals surface area contributed by atoms with Crippen LogP contribution >= 0.6 is 0 Å². The van der Waals surface area contributed by atoms with Gasteiger partial charge in [0.15, 0.2) is 0 Å². The van der Waals surface area contributed by atoms with Crippen molar-refractivity contribution in [1.82, 2.24) is 10.6 Å². The third kappa shape index (κ3) is 4.21. The van der Waals surface area contributed by atoms with Gasteiger partial charge in [-0.3, -0.25) is 0 Å². The maximum atomic E-state index is 11.0. The van der Waals surface area contributed by atoms with Crippen molar-refractivity contribution in [3.63, 3.8) is 0 Å². The average Bonchev–Trinajstić information content (AvgIpc) is 3.05. The highest BCUT2D eigenvalue weighted by Gasteiger charge is 2.13. The van der Waals surface area contributed by atoms with Gasteiger partial charge in [-0.2, -0.15) is 0 Å². The first-order chi connectivity index (χ1) is 11.2. The van der Waals surface area contributed by atoms with E-state index in [0.717, 1.165) is 36.9 Å². The van der Waals surface area contributed by atoms with E-state index < -0.39 is 5.97 Å². The Kier molecular flexibility index (Phi) is 5.10. The minimum Gasteiger partial charge on any atom is -0.478 e. The van der Waals surface area contributed by atoms with Crippen molar-refractivity contribution in [3.8, 4) is 11.3 Å². The number of nitrogens with one attached hydrogen (secondary N) is 2. The largest absolute Gasteiger partial charge is 0.478 e. The van der Waals surface area contributed by atoms with Crippen LogP contribution in [0.1, 0.15) is 29.0 Å². The number of furan rings is 1. The van der Waals surface area contributed by atoms with E-state index in [9.17, 15) is 4.79 Å². The van der Waals surface area contributed by atoms with E-state index in [-0.39, 0.29) is 5.56 Å². The number of aromatic carboxylic acids is 1.